The van der Waals surface area contributed by atoms with Gasteiger partial charge in [-0.25, -0.2) is 22.0 Å². The maximum absolute atomic E-state index is 11.6. The summed E-state index contributed by atoms with van der Waals surface area (Å²) in [5.41, 5.74) is 2.33. The zero-order valence-corrected chi connectivity index (χ0v) is 27.6. The molecule has 0 aliphatic carbocycles. The predicted octanol–water partition coefficient (Wildman–Crippen LogP) is 3.39. The number of methoxy groups -OCH3 is 1. The van der Waals surface area contributed by atoms with Crippen molar-refractivity contribution in [3.8, 4) is 17.2 Å². The number of aliphatic hydroxyl groups excluding tert-OH is 1. The van der Waals surface area contributed by atoms with E-state index in [0.29, 0.717) is 31.2 Å². The maximum Gasteiger partial charge on any atom is 0.244 e. The summed E-state index contributed by atoms with van der Waals surface area (Å²) in [6.45, 7) is 1.72. The summed E-state index contributed by atoms with van der Waals surface area (Å²) >= 11 is 5.72. The van der Waals surface area contributed by atoms with Crippen LogP contribution in [0.25, 0.3) is 21.8 Å². The number of benzene rings is 4. The number of para-hydroxylation sites is 3. The monoisotopic (exact) mass is 703 g/mol. The van der Waals surface area contributed by atoms with Gasteiger partial charge in [-0.1, -0.05) is 48.0 Å². The van der Waals surface area contributed by atoms with Crippen LogP contribution in [-0.2, 0) is 20.0 Å². The van der Waals surface area contributed by atoms with Gasteiger partial charge in [0.1, 0.15) is 34.9 Å². The van der Waals surface area contributed by atoms with Crippen molar-refractivity contribution in [1.82, 2.24) is 15.0 Å². The number of H-pyrrole nitrogens is 1. The van der Waals surface area contributed by atoms with Gasteiger partial charge < -0.3 is 34.9 Å². The van der Waals surface area contributed by atoms with E-state index < -0.39 is 31.0 Å². The number of hydrogen-bond donors (Lipinski definition) is 6. The zero-order valence-electron chi connectivity index (χ0n) is 25.2. The number of nitrogens with two attached hydrogens (primary N) is 1. The summed E-state index contributed by atoms with van der Waals surface area (Å²) in [5.74, 6) is 2.18. The van der Waals surface area contributed by atoms with Crippen LogP contribution in [0.15, 0.2) is 88.7 Å². The Hall–Kier alpha value is -4.09. The minimum absolute atomic E-state index is 0.0143. The van der Waals surface area contributed by atoms with Crippen LogP contribution in [-0.4, -0.2) is 73.1 Å². The highest BCUT2D eigenvalue weighted by atomic mass is 35.5. The van der Waals surface area contributed by atoms with E-state index in [0.717, 1.165) is 33.6 Å². The first-order valence-corrected chi connectivity index (χ1v) is 17.8. The molecule has 47 heavy (non-hydrogen) atoms. The fourth-order valence-electron chi connectivity index (χ4n) is 4.89. The minimum Gasteiger partial charge on any atom is -0.493 e. The molecule has 1 aliphatic rings. The molecule has 7 N–H and O–H groups in total. The van der Waals surface area contributed by atoms with Gasteiger partial charge in [0.25, 0.3) is 0 Å². The normalized spacial score (nSPS) is 14.4. The van der Waals surface area contributed by atoms with Crippen molar-refractivity contribution >= 4 is 59.1 Å². The summed E-state index contributed by atoms with van der Waals surface area (Å²) in [5, 5.41) is 23.2. The van der Waals surface area contributed by atoms with E-state index in [4.69, 9.17) is 31.0 Å². The molecule has 250 valence electrons. The zero-order chi connectivity index (χ0) is 33.6. The molecule has 13 nitrogen and oxygen atoms in total. The number of aromatic nitrogens is 1. The predicted molar refractivity (Wildman–Crippen MR) is 180 cm³/mol. The first-order valence-electron chi connectivity index (χ1n) is 14.3. The number of nitrogens with one attached hydrogen (secondary N) is 4. The Balaban J connectivity index is 0.000000216. The van der Waals surface area contributed by atoms with Gasteiger partial charge in [0.05, 0.1) is 30.0 Å². The first kappa shape index (κ1) is 34.3. The molecule has 1 aliphatic heterocycles. The first-order chi connectivity index (χ1) is 22.5. The molecule has 0 radical (unpaired) electrons. The number of ether oxygens (including phenoxy) is 3. The summed E-state index contributed by atoms with van der Waals surface area (Å²) < 4.78 is 64.8. The number of fused-ring (bicyclic) bond motifs is 4. The number of primary sulfonamides is 1. The summed E-state index contributed by atoms with van der Waals surface area (Å²) in [6.07, 6.45) is -0.628. The molecule has 1 aromatic heterocycles. The molecule has 0 fully saturated rings. The Bertz CT molecular complexity index is 2090. The summed E-state index contributed by atoms with van der Waals surface area (Å²) in [6, 6.07) is 23.7. The lowest BCUT2D eigenvalue weighted by atomic mass is 10.1. The standard InChI is InChI=1S/C24H26N2O4.C7H8ClN3O4S2/c1-28-21-10-4-5-11-22(21)29-14-13-25-15-17(27)16-30-23-12-6-9-20-24(23)18-7-2-3-8-19(18)26-20;8-4-1-5-7(2-6(4)16(9,12)13)17(14,15)11-3-10-5/h2-12,17,25-27H,13-16H2,1H3;1-2,10-11H,3H2,(H2,9,12,13). The van der Waals surface area contributed by atoms with E-state index in [1.54, 1.807) is 7.11 Å². The lowest BCUT2D eigenvalue weighted by Gasteiger charge is -2.20. The van der Waals surface area contributed by atoms with Crippen LogP contribution in [0, 0.1) is 0 Å². The highest BCUT2D eigenvalue weighted by molar-refractivity contribution is 7.90. The third kappa shape index (κ3) is 8.26. The van der Waals surface area contributed by atoms with Crippen LogP contribution in [0.1, 0.15) is 0 Å². The van der Waals surface area contributed by atoms with Crippen LogP contribution in [0.3, 0.4) is 0 Å². The summed E-state index contributed by atoms with van der Waals surface area (Å²) in [7, 11) is -6.18. The lowest BCUT2D eigenvalue weighted by Crippen LogP contribution is -2.34. The van der Waals surface area contributed by atoms with Crippen LogP contribution in [0.2, 0.25) is 5.02 Å². The van der Waals surface area contributed by atoms with E-state index in [-0.39, 0.29) is 28.9 Å². The molecular weight excluding hydrogens is 670 g/mol. The molecule has 4 aromatic carbocycles. The van der Waals surface area contributed by atoms with E-state index >= 15 is 0 Å². The van der Waals surface area contributed by atoms with Crippen molar-refractivity contribution < 1.29 is 36.2 Å². The molecule has 2 heterocycles. The van der Waals surface area contributed by atoms with Crippen molar-refractivity contribution in [3.05, 3.63) is 83.9 Å². The SMILES string of the molecule is COc1ccccc1OCCNCC(O)COc1cccc2[nH]c3ccccc3c12.NS(=O)(=O)c1cc2c(cc1Cl)NCNS2(=O)=O. The van der Waals surface area contributed by atoms with Crippen molar-refractivity contribution in [2.75, 3.05) is 45.4 Å². The number of sulfonamides is 2. The largest absolute Gasteiger partial charge is 0.493 e. The molecule has 6 rings (SSSR count). The molecule has 0 amide bonds. The number of hydrogen-bond acceptors (Lipinski definition) is 10. The molecule has 0 bridgehead atoms. The van der Waals surface area contributed by atoms with Gasteiger partial charge in [-0.3, -0.25) is 0 Å². The van der Waals surface area contributed by atoms with Gasteiger partial charge in [0.15, 0.2) is 11.5 Å². The van der Waals surface area contributed by atoms with E-state index in [9.17, 15) is 21.9 Å². The Morgan fingerprint density at radius 2 is 1.68 bits per heavy atom. The van der Waals surface area contributed by atoms with Gasteiger partial charge in [-0.05, 0) is 42.5 Å². The number of rotatable bonds is 11. The number of aromatic amines is 1. The third-order valence-electron chi connectivity index (χ3n) is 7.08. The Morgan fingerprint density at radius 3 is 2.45 bits per heavy atom. The fourth-order valence-corrected chi connectivity index (χ4v) is 7.18. The second-order valence-electron chi connectivity index (χ2n) is 10.3. The quantitative estimate of drug-likeness (QED) is 0.111. The van der Waals surface area contributed by atoms with Crippen LogP contribution < -0.4 is 34.7 Å². The molecule has 5 aromatic rings. The van der Waals surface area contributed by atoms with E-state index in [1.807, 2.05) is 60.7 Å². The summed E-state index contributed by atoms with van der Waals surface area (Å²) in [4.78, 5) is 2.78. The average molecular weight is 704 g/mol. The molecule has 1 unspecified atom stereocenters. The van der Waals surface area contributed by atoms with Crippen molar-refractivity contribution in [3.63, 3.8) is 0 Å². The minimum atomic E-state index is -4.07. The fraction of sp³-hybridized carbons (Fsp3) is 0.226. The molecule has 1 atom stereocenters. The molecular formula is C31H34ClN5O8S2. The highest BCUT2D eigenvalue weighted by Crippen LogP contribution is 2.34. The van der Waals surface area contributed by atoms with E-state index in [2.05, 4.69) is 26.4 Å². The highest BCUT2D eigenvalue weighted by Gasteiger charge is 2.27. The second-order valence-corrected chi connectivity index (χ2v) is 14.0. The maximum atomic E-state index is 11.6. The van der Waals surface area contributed by atoms with Gasteiger partial charge in [0.2, 0.25) is 20.0 Å². The Kier molecular flexibility index (Phi) is 10.8. The number of aliphatic hydroxyl groups is 1. The van der Waals surface area contributed by atoms with Crippen molar-refractivity contribution in [2.45, 2.75) is 15.9 Å². The third-order valence-corrected chi connectivity index (χ3v) is 9.90. The van der Waals surface area contributed by atoms with Gasteiger partial charge in [-0.2, -0.15) is 4.72 Å². The van der Waals surface area contributed by atoms with Gasteiger partial charge in [0, 0.05) is 29.4 Å². The Labute approximate surface area is 277 Å². The van der Waals surface area contributed by atoms with Gasteiger partial charge >= 0.3 is 0 Å². The van der Waals surface area contributed by atoms with Crippen LogP contribution >= 0.6 is 11.6 Å². The average Bonchev–Trinajstić information content (AvgIpc) is 3.42. The number of halogens is 1. The topological polar surface area (TPSA) is 194 Å². The van der Waals surface area contributed by atoms with Crippen molar-refractivity contribution in [2.24, 2.45) is 5.14 Å². The number of anilines is 1. The molecule has 0 spiro atoms. The molecule has 0 saturated carbocycles. The Morgan fingerprint density at radius 1 is 0.979 bits per heavy atom. The lowest BCUT2D eigenvalue weighted by molar-refractivity contribution is 0.106. The molecule has 0 saturated heterocycles. The van der Waals surface area contributed by atoms with E-state index in [1.165, 1.54) is 6.07 Å². The van der Waals surface area contributed by atoms with Crippen molar-refractivity contribution in [1.29, 1.82) is 0 Å². The van der Waals surface area contributed by atoms with Crippen LogP contribution in [0.4, 0.5) is 5.69 Å². The van der Waals surface area contributed by atoms with Gasteiger partial charge in [-0.15, -0.1) is 0 Å². The molecule has 16 heteroatoms. The van der Waals surface area contributed by atoms with Crippen LogP contribution in [0.5, 0.6) is 17.2 Å². The smallest absolute Gasteiger partial charge is 0.244 e. The second kappa shape index (κ2) is 14.8.